The third-order valence-corrected chi connectivity index (χ3v) is 5.21. The van der Waals surface area contributed by atoms with E-state index in [2.05, 4.69) is 97.9 Å². The summed E-state index contributed by atoms with van der Waals surface area (Å²) in [5.74, 6) is 0. The van der Waals surface area contributed by atoms with E-state index in [1.165, 1.54) is 42.4 Å². The lowest BCUT2D eigenvalue weighted by Gasteiger charge is -2.36. The molecule has 0 aliphatic heterocycles. The van der Waals surface area contributed by atoms with Crippen molar-refractivity contribution in [3.63, 3.8) is 0 Å². The molecule has 0 bridgehead atoms. The lowest BCUT2D eigenvalue weighted by molar-refractivity contribution is 0.381. The second kappa shape index (κ2) is 11.6. The van der Waals surface area contributed by atoms with Gasteiger partial charge in [-0.1, -0.05) is 124 Å². The van der Waals surface area contributed by atoms with E-state index in [0.29, 0.717) is 0 Å². The van der Waals surface area contributed by atoms with Gasteiger partial charge in [0.05, 0.1) is 0 Å². The van der Waals surface area contributed by atoms with Gasteiger partial charge in [-0.3, -0.25) is 9.11 Å². The molecule has 3 aromatic rings. The van der Waals surface area contributed by atoms with Crippen molar-refractivity contribution in [2.24, 2.45) is 0 Å². The van der Waals surface area contributed by atoms with Crippen molar-refractivity contribution < 1.29 is 17.5 Å². The number of hydrogen-bond acceptors (Lipinski definition) is 2. The average molecular weight is 427 g/mol. The van der Waals surface area contributed by atoms with Gasteiger partial charge in [-0.15, -0.1) is 0 Å². The van der Waals surface area contributed by atoms with Crippen LogP contribution in [0.3, 0.4) is 0 Å². The quantitative estimate of drug-likeness (QED) is 0.250. The first-order valence-electron chi connectivity index (χ1n) is 10.2. The molecule has 0 fully saturated rings. The fourth-order valence-corrected chi connectivity index (χ4v) is 3.92. The zero-order chi connectivity index (χ0) is 21.9. The maximum absolute atomic E-state index is 8.74. The van der Waals surface area contributed by atoms with E-state index in [9.17, 15) is 0 Å². The molecule has 0 aromatic heterocycles. The zero-order valence-electron chi connectivity index (χ0n) is 17.3. The van der Waals surface area contributed by atoms with Crippen LogP contribution in [0, 0.1) is 0 Å². The molecule has 0 atom stereocenters. The van der Waals surface area contributed by atoms with Gasteiger partial charge in [0.1, 0.15) is 0 Å². The molecule has 0 radical (unpaired) electrons. The van der Waals surface area contributed by atoms with Crippen LogP contribution in [0.5, 0.6) is 0 Å². The highest BCUT2D eigenvalue weighted by Gasteiger charge is 2.35. The summed E-state index contributed by atoms with van der Waals surface area (Å²) in [6.45, 7) is 2.28. The van der Waals surface area contributed by atoms with Crippen LogP contribution in [0.4, 0.5) is 0 Å². The molecule has 0 saturated heterocycles. The monoisotopic (exact) mass is 426 g/mol. The lowest BCUT2D eigenvalue weighted by atomic mass is 9.66. The van der Waals surface area contributed by atoms with Gasteiger partial charge in [0.2, 0.25) is 0 Å². The van der Waals surface area contributed by atoms with E-state index in [-0.39, 0.29) is 5.41 Å². The molecule has 0 heterocycles. The van der Waals surface area contributed by atoms with Gasteiger partial charge >= 0.3 is 10.4 Å². The molecule has 4 nitrogen and oxygen atoms in total. The maximum atomic E-state index is 8.74. The molecule has 0 aliphatic rings. The third-order valence-electron chi connectivity index (χ3n) is 5.21. The van der Waals surface area contributed by atoms with Crippen LogP contribution < -0.4 is 0 Å². The van der Waals surface area contributed by atoms with Crippen molar-refractivity contribution in [2.75, 3.05) is 0 Å². The minimum Gasteiger partial charge on any atom is -0.264 e. The fraction of sp³-hybridized carbons (Fsp3) is 0.280. The van der Waals surface area contributed by atoms with Crippen molar-refractivity contribution in [1.82, 2.24) is 0 Å². The molecule has 30 heavy (non-hydrogen) atoms. The van der Waals surface area contributed by atoms with Gasteiger partial charge in [0.25, 0.3) is 0 Å². The van der Waals surface area contributed by atoms with Gasteiger partial charge in [0.15, 0.2) is 0 Å². The van der Waals surface area contributed by atoms with Crippen LogP contribution in [0.25, 0.3) is 0 Å². The van der Waals surface area contributed by atoms with E-state index in [0.717, 1.165) is 6.42 Å². The van der Waals surface area contributed by atoms with Crippen molar-refractivity contribution in [3.05, 3.63) is 108 Å². The highest BCUT2D eigenvalue weighted by Crippen LogP contribution is 2.43. The van der Waals surface area contributed by atoms with Crippen LogP contribution >= 0.6 is 0 Å². The van der Waals surface area contributed by atoms with E-state index in [4.69, 9.17) is 17.5 Å². The lowest BCUT2D eigenvalue weighted by Crippen LogP contribution is -2.29. The Morgan fingerprint density at radius 3 is 1.27 bits per heavy atom. The highest BCUT2D eigenvalue weighted by molar-refractivity contribution is 7.79. The van der Waals surface area contributed by atoms with Gasteiger partial charge in [0, 0.05) is 5.41 Å². The van der Waals surface area contributed by atoms with Crippen molar-refractivity contribution in [3.8, 4) is 0 Å². The zero-order valence-corrected chi connectivity index (χ0v) is 18.1. The minimum absolute atomic E-state index is 0.0719. The van der Waals surface area contributed by atoms with E-state index in [1.54, 1.807) is 0 Å². The molecular weight excluding hydrogens is 396 g/mol. The maximum Gasteiger partial charge on any atom is 0.394 e. The minimum atomic E-state index is -4.67. The molecule has 0 unspecified atom stereocenters. The average Bonchev–Trinajstić information content (AvgIpc) is 2.75. The Bertz CT molecular complexity index is 851. The summed E-state index contributed by atoms with van der Waals surface area (Å²) in [7, 11) is -4.67. The van der Waals surface area contributed by atoms with Crippen molar-refractivity contribution in [2.45, 2.75) is 44.4 Å². The Morgan fingerprint density at radius 1 is 0.633 bits per heavy atom. The summed E-state index contributed by atoms with van der Waals surface area (Å²) in [6, 6.07) is 33.1. The molecule has 160 valence electrons. The van der Waals surface area contributed by atoms with Gasteiger partial charge < -0.3 is 0 Å². The van der Waals surface area contributed by atoms with Gasteiger partial charge in [-0.2, -0.15) is 8.42 Å². The van der Waals surface area contributed by atoms with Crippen LogP contribution in [0.2, 0.25) is 0 Å². The second-order valence-corrected chi connectivity index (χ2v) is 8.16. The van der Waals surface area contributed by atoms with Crippen molar-refractivity contribution in [1.29, 1.82) is 0 Å². The molecule has 3 aromatic carbocycles. The fourth-order valence-electron chi connectivity index (χ4n) is 3.92. The smallest absolute Gasteiger partial charge is 0.264 e. The van der Waals surface area contributed by atoms with E-state index >= 15 is 0 Å². The predicted octanol–water partition coefficient (Wildman–Crippen LogP) is 6.34. The first-order chi connectivity index (χ1) is 14.4. The SMILES string of the molecule is CCCCCCC(c1ccccc1)(c1ccccc1)c1ccccc1.O=S(=O)(O)O. The molecule has 0 spiro atoms. The van der Waals surface area contributed by atoms with Crippen LogP contribution in [0.15, 0.2) is 91.0 Å². The first kappa shape index (κ1) is 23.8. The summed E-state index contributed by atoms with van der Waals surface area (Å²) >= 11 is 0. The molecule has 0 amide bonds. The molecule has 5 heteroatoms. The molecule has 2 N–H and O–H groups in total. The second-order valence-electron chi connectivity index (χ2n) is 7.26. The number of hydrogen-bond donors (Lipinski definition) is 2. The Balaban J connectivity index is 0.000000575. The largest absolute Gasteiger partial charge is 0.394 e. The van der Waals surface area contributed by atoms with E-state index < -0.39 is 10.4 Å². The topological polar surface area (TPSA) is 74.6 Å². The Labute approximate surface area is 180 Å². The third kappa shape index (κ3) is 7.10. The van der Waals surface area contributed by atoms with Gasteiger partial charge in [-0.05, 0) is 23.1 Å². The number of rotatable bonds is 8. The number of benzene rings is 3. The van der Waals surface area contributed by atoms with Crippen LogP contribution in [-0.4, -0.2) is 17.5 Å². The van der Waals surface area contributed by atoms with Crippen LogP contribution in [-0.2, 0) is 15.8 Å². The molecule has 0 saturated carbocycles. The number of unbranched alkanes of at least 4 members (excludes halogenated alkanes) is 3. The molecule has 0 aliphatic carbocycles. The predicted molar refractivity (Wildman–Crippen MR) is 122 cm³/mol. The molecule has 3 rings (SSSR count). The van der Waals surface area contributed by atoms with Gasteiger partial charge in [-0.25, -0.2) is 0 Å². The molecular formula is C25H30O4S. The summed E-state index contributed by atoms with van der Waals surface area (Å²) in [5, 5.41) is 0. The van der Waals surface area contributed by atoms with Crippen molar-refractivity contribution >= 4 is 10.4 Å². The van der Waals surface area contributed by atoms with Crippen LogP contribution in [0.1, 0.15) is 55.7 Å². The summed E-state index contributed by atoms with van der Waals surface area (Å²) in [4.78, 5) is 0. The van der Waals surface area contributed by atoms with E-state index in [1.807, 2.05) is 0 Å². The Kier molecular flexibility index (Phi) is 9.24. The summed E-state index contributed by atoms with van der Waals surface area (Å²) in [5.41, 5.74) is 4.11. The Morgan fingerprint density at radius 2 is 0.967 bits per heavy atom. The Hall–Kier alpha value is -2.47. The standard InChI is InChI=1S/C25H28.H2O4S/c1-2-3-4-14-21-25(22-15-8-5-9-16-22,23-17-10-6-11-18-23)24-19-12-7-13-20-24;1-5(2,3)4/h5-13,15-20H,2-4,14,21H2,1H3;(H2,1,2,3,4). The first-order valence-corrected chi connectivity index (χ1v) is 11.6. The normalized spacial score (nSPS) is 11.4. The highest BCUT2D eigenvalue weighted by atomic mass is 32.3. The summed E-state index contributed by atoms with van der Waals surface area (Å²) in [6.07, 6.45) is 6.27. The summed E-state index contributed by atoms with van der Waals surface area (Å²) < 4.78 is 31.6.